The molecular weight excluding hydrogens is 323 g/mol. The van der Waals surface area contributed by atoms with Crippen LogP contribution in [-0.2, 0) is 11.3 Å². The first kappa shape index (κ1) is 18.9. The molecule has 0 fully saturated rings. The number of hydrogen-bond donors (Lipinski definition) is 3. The number of ether oxygens (including phenoxy) is 1. The van der Waals surface area contributed by atoms with Gasteiger partial charge in [0.2, 0.25) is 5.91 Å². The van der Waals surface area contributed by atoms with Crippen LogP contribution in [0.15, 0.2) is 48.5 Å². The minimum absolute atomic E-state index is 0.0400. The van der Waals surface area contributed by atoms with E-state index in [0.29, 0.717) is 18.0 Å². The Morgan fingerprint density at radius 3 is 2.64 bits per heavy atom. The molecule has 2 rings (SSSR count). The Hall–Kier alpha value is -2.44. The number of rotatable bonds is 9. The highest BCUT2D eigenvalue weighted by Crippen LogP contribution is 2.18. The van der Waals surface area contributed by atoms with Crippen LogP contribution >= 0.6 is 0 Å². The van der Waals surface area contributed by atoms with E-state index in [2.05, 4.69) is 10.6 Å². The Balaban J connectivity index is 1.81. The molecule has 0 aliphatic rings. The molecule has 0 heterocycles. The average Bonchev–Trinajstić information content (AvgIpc) is 2.60. The molecule has 1 amide bonds. The fourth-order valence-corrected chi connectivity index (χ4v) is 2.33. The molecule has 0 spiro atoms. The van der Waals surface area contributed by atoms with Gasteiger partial charge in [-0.1, -0.05) is 18.2 Å². The highest BCUT2D eigenvalue weighted by molar-refractivity contribution is 5.91. The molecule has 134 valence electrons. The van der Waals surface area contributed by atoms with Gasteiger partial charge in [-0.2, -0.15) is 0 Å². The smallest absolute Gasteiger partial charge is 0.225 e. The molecule has 0 bridgehead atoms. The summed E-state index contributed by atoms with van der Waals surface area (Å²) in [6.45, 7) is 2.67. The molecular formula is C19H23FN2O3. The Labute approximate surface area is 146 Å². The van der Waals surface area contributed by atoms with E-state index in [4.69, 9.17) is 9.84 Å². The van der Waals surface area contributed by atoms with Gasteiger partial charge in [-0.25, -0.2) is 4.39 Å². The van der Waals surface area contributed by atoms with Crippen LogP contribution in [0.3, 0.4) is 0 Å². The van der Waals surface area contributed by atoms with Crippen molar-refractivity contribution in [2.24, 2.45) is 0 Å². The molecule has 6 heteroatoms. The summed E-state index contributed by atoms with van der Waals surface area (Å²) in [5.41, 5.74) is 1.53. The summed E-state index contributed by atoms with van der Waals surface area (Å²) in [4.78, 5) is 12.0. The van der Waals surface area contributed by atoms with Crippen LogP contribution in [0.25, 0.3) is 0 Å². The van der Waals surface area contributed by atoms with Gasteiger partial charge in [0.1, 0.15) is 18.2 Å². The number of nitrogens with one attached hydrogen (secondary N) is 2. The van der Waals surface area contributed by atoms with E-state index in [-0.39, 0.29) is 37.4 Å². The molecule has 1 atom stereocenters. The number of anilines is 1. The quantitative estimate of drug-likeness (QED) is 0.653. The Morgan fingerprint density at radius 1 is 1.20 bits per heavy atom. The van der Waals surface area contributed by atoms with Gasteiger partial charge in [0.05, 0.1) is 6.61 Å². The van der Waals surface area contributed by atoms with E-state index in [9.17, 15) is 9.18 Å². The first-order valence-corrected chi connectivity index (χ1v) is 8.19. The van der Waals surface area contributed by atoms with Gasteiger partial charge in [-0.05, 0) is 37.3 Å². The van der Waals surface area contributed by atoms with Crippen molar-refractivity contribution in [3.05, 3.63) is 59.9 Å². The van der Waals surface area contributed by atoms with Crippen molar-refractivity contribution in [3.8, 4) is 5.75 Å². The molecule has 0 saturated heterocycles. The highest BCUT2D eigenvalue weighted by Gasteiger charge is 2.10. The first-order chi connectivity index (χ1) is 12.1. The second kappa shape index (κ2) is 9.76. The summed E-state index contributed by atoms with van der Waals surface area (Å²) in [5.74, 6) is 0.235. The lowest BCUT2D eigenvalue weighted by atomic mass is 10.1. The molecule has 0 aliphatic carbocycles. The van der Waals surface area contributed by atoms with Crippen LogP contribution in [0.2, 0.25) is 0 Å². The molecule has 0 aliphatic heterocycles. The molecule has 2 aromatic rings. The maximum atomic E-state index is 12.9. The minimum atomic E-state index is -0.338. The lowest BCUT2D eigenvalue weighted by Crippen LogP contribution is -2.30. The summed E-state index contributed by atoms with van der Waals surface area (Å²) in [6.07, 6.45) is 0.289. The third-order valence-electron chi connectivity index (χ3n) is 3.58. The third kappa shape index (κ3) is 6.52. The van der Waals surface area contributed by atoms with Crippen molar-refractivity contribution in [3.63, 3.8) is 0 Å². The molecule has 5 nitrogen and oxygen atoms in total. The van der Waals surface area contributed by atoms with E-state index in [0.717, 1.165) is 5.56 Å². The largest absolute Gasteiger partial charge is 0.491 e. The number of carbonyl (C=O) groups excluding carboxylic acids is 1. The molecule has 3 N–H and O–H groups in total. The van der Waals surface area contributed by atoms with Crippen molar-refractivity contribution in [1.82, 2.24) is 5.32 Å². The van der Waals surface area contributed by atoms with Crippen molar-refractivity contribution < 1.29 is 19.0 Å². The van der Waals surface area contributed by atoms with Crippen molar-refractivity contribution in [2.75, 3.05) is 18.5 Å². The number of halogens is 1. The number of aliphatic hydroxyl groups is 1. The molecule has 0 aromatic heterocycles. The van der Waals surface area contributed by atoms with Gasteiger partial charge < -0.3 is 20.5 Å². The number of aliphatic hydroxyl groups excluding tert-OH is 1. The van der Waals surface area contributed by atoms with E-state index >= 15 is 0 Å². The zero-order chi connectivity index (χ0) is 18.1. The highest BCUT2D eigenvalue weighted by atomic mass is 19.1. The predicted molar refractivity (Wildman–Crippen MR) is 95.0 cm³/mol. The van der Waals surface area contributed by atoms with Gasteiger partial charge in [-0.15, -0.1) is 0 Å². The molecule has 1 unspecified atom stereocenters. The van der Waals surface area contributed by atoms with E-state index in [1.807, 2.05) is 31.2 Å². The Kier molecular flexibility index (Phi) is 7.37. The van der Waals surface area contributed by atoms with E-state index in [1.54, 1.807) is 0 Å². The standard InChI is InChI=1S/C19H23FN2O3/c1-14(12-19(24)22-17-8-6-16(20)7-9-17)21-13-15-4-2-3-5-18(15)25-11-10-23/h2-9,14,21,23H,10-13H2,1H3,(H,22,24). The Morgan fingerprint density at radius 2 is 1.92 bits per heavy atom. The van der Waals surface area contributed by atoms with Crippen molar-refractivity contribution in [1.29, 1.82) is 0 Å². The maximum Gasteiger partial charge on any atom is 0.225 e. The SMILES string of the molecule is CC(CC(=O)Nc1ccc(F)cc1)NCc1ccccc1OCCO. The fraction of sp³-hybridized carbons (Fsp3) is 0.316. The fourth-order valence-electron chi connectivity index (χ4n) is 2.33. The summed E-state index contributed by atoms with van der Waals surface area (Å²) in [5, 5.41) is 14.9. The monoisotopic (exact) mass is 346 g/mol. The normalized spacial score (nSPS) is 11.8. The van der Waals surface area contributed by atoms with Crippen molar-refractivity contribution in [2.45, 2.75) is 25.9 Å². The predicted octanol–water partition coefficient (Wildman–Crippen LogP) is 2.70. The van der Waals surface area contributed by atoms with Gasteiger partial charge in [0.15, 0.2) is 0 Å². The zero-order valence-electron chi connectivity index (χ0n) is 14.2. The van der Waals surface area contributed by atoms with Crippen molar-refractivity contribution >= 4 is 11.6 Å². The van der Waals surface area contributed by atoms with E-state index < -0.39 is 0 Å². The van der Waals surface area contributed by atoms with Crippen LogP contribution in [0.5, 0.6) is 5.75 Å². The number of carbonyl (C=O) groups is 1. The summed E-state index contributed by atoms with van der Waals surface area (Å²) in [6, 6.07) is 13.2. The van der Waals surface area contributed by atoms with Crippen LogP contribution in [-0.4, -0.2) is 30.3 Å². The van der Waals surface area contributed by atoms with Gasteiger partial charge in [-0.3, -0.25) is 4.79 Å². The molecule has 0 saturated carbocycles. The van der Waals surface area contributed by atoms with Crippen LogP contribution in [0, 0.1) is 5.82 Å². The Bertz CT molecular complexity index is 677. The average molecular weight is 346 g/mol. The van der Waals surface area contributed by atoms with Crippen LogP contribution in [0.4, 0.5) is 10.1 Å². The van der Waals surface area contributed by atoms with Gasteiger partial charge in [0.25, 0.3) is 0 Å². The number of para-hydroxylation sites is 1. The summed E-state index contributed by atoms with van der Waals surface area (Å²) in [7, 11) is 0. The van der Waals surface area contributed by atoms with Gasteiger partial charge >= 0.3 is 0 Å². The molecule has 25 heavy (non-hydrogen) atoms. The molecule has 2 aromatic carbocycles. The summed E-state index contributed by atoms with van der Waals surface area (Å²) >= 11 is 0. The number of hydrogen-bond acceptors (Lipinski definition) is 4. The lowest BCUT2D eigenvalue weighted by Gasteiger charge is -2.16. The first-order valence-electron chi connectivity index (χ1n) is 8.19. The van der Waals surface area contributed by atoms with E-state index in [1.165, 1.54) is 24.3 Å². The van der Waals surface area contributed by atoms with Gasteiger partial charge in [0, 0.05) is 30.3 Å². The maximum absolute atomic E-state index is 12.9. The second-order valence-corrected chi connectivity index (χ2v) is 5.72. The topological polar surface area (TPSA) is 70.6 Å². The third-order valence-corrected chi connectivity index (χ3v) is 3.58. The zero-order valence-corrected chi connectivity index (χ0v) is 14.2. The lowest BCUT2D eigenvalue weighted by molar-refractivity contribution is -0.116. The number of benzene rings is 2. The number of amides is 1. The summed E-state index contributed by atoms with van der Waals surface area (Å²) < 4.78 is 18.3. The van der Waals surface area contributed by atoms with Crippen LogP contribution in [0.1, 0.15) is 18.9 Å². The second-order valence-electron chi connectivity index (χ2n) is 5.72. The van der Waals surface area contributed by atoms with Crippen LogP contribution < -0.4 is 15.4 Å². The minimum Gasteiger partial charge on any atom is -0.491 e. The molecule has 0 radical (unpaired) electrons.